The number of amides is 1. The quantitative estimate of drug-likeness (QED) is 0.602. The molecule has 0 unspecified atom stereocenters. The van der Waals surface area contributed by atoms with Crippen molar-refractivity contribution in [3.63, 3.8) is 0 Å². The molecule has 0 radical (unpaired) electrons. The Hall–Kier alpha value is -2.79. The van der Waals surface area contributed by atoms with Crippen molar-refractivity contribution in [3.8, 4) is 11.5 Å². The zero-order chi connectivity index (χ0) is 24.1. The van der Waals surface area contributed by atoms with Crippen LogP contribution >= 0.6 is 0 Å². The molecule has 0 saturated carbocycles. The number of anilines is 1. The number of hydrogen-bond donors (Lipinski definition) is 1. The van der Waals surface area contributed by atoms with Crippen LogP contribution < -0.4 is 14.8 Å². The lowest BCUT2D eigenvalue weighted by Crippen LogP contribution is -2.35. The van der Waals surface area contributed by atoms with E-state index in [4.69, 9.17) is 9.47 Å². The first-order valence-electron chi connectivity index (χ1n) is 10.5. The minimum absolute atomic E-state index is 0.0529. The molecule has 11 heteroatoms. The first-order valence-corrected chi connectivity index (χ1v) is 11.9. The molecule has 0 aliphatic carbocycles. The van der Waals surface area contributed by atoms with Crippen molar-refractivity contribution in [3.05, 3.63) is 48.0 Å². The summed E-state index contributed by atoms with van der Waals surface area (Å²) in [4.78, 5) is 12.2. The molecule has 1 aliphatic rings. The molecule has 2 aromatic carbocycles. The first-order chi connectivity index (χ1) is 15.6. The maximum absolute atomic E-state index is 13.2. The van der Waals surface area contributed by atoms with Gasteiger partial charge in [0, 0.05) is 18.8 Å². The van der Waals surface area contributed by atoms with E-state index in [1.807, 2.05) is 0 Å². The minimum atomic E-state index is -4.53. The molecule has 33 heavy (non-hydrogen) atoms. The van der Waals surface area contributed by atoms with Crippen LogP contribution in [-0.4, -0.2) is 44.9 Å². The highest BCUT2D eigenvalue weighted by atomic mass is 32.2. The molecule has 1 heterocycles. The number of rotatable bonds is 8. The second-order valence-corrected chi connectivity index (χ2v) is 9.33. The fraction of sp³-hybridized carbons (Fsp3) is 0.409. The van der Waals surface area contributed by atoms with E-state index >= 15 is 0 Å². The van der Waals surface area contributed by atoms with Crippen molar-refractivity contribution in [1.29, 1.82) is 0 Å². The van der Waals surface area contributed by atoms with E-state index in [0.29, 0.717) is 13.1 Å². The van der Waals surface area contributed by atoms with Gasteiger partial charge in [-0.2, -0.15) is 17.5 Å². The van der Waals surface area contributed by atoms with Crippen LogP contribution in [0.15, 0.2) is 47.4 Å². The van der Waals surface area contributed by atoms with Gasteiger partial charge < -0.3 is 14.8 Å². The van der Waals surface area contributed by atoms with Gasteiger partial charge in [-0.05, 0) is 56.2 Å². The van der Waals surface area contributed by atoms with Gasteiger partial charge in [0.25, 0.3) is 5.91 Å². The lowest BCUT2D eigenvalue weighted by atomic mass is 10.2. The average molecular weight is 487 g/mol. The Morgan fingerprint density at radius 3 is 2.45 bits per heavy atom. The second-order valence-electron chi connectivity index (χ2n) is 7.42. The third-order valence-corrected chi connectivity index (χ3v) is 6.91. The van der Waals surface area contributed by atoms with Gasteiger partial charge in [-0.3, -0.25) is 4.79 Å². The topological polar surface area (TPSA) is 84.9 Å². The van der Waals surface area contributed by atoms with Crippen molar-refractivity contribution in [1.82, 2.24) is 4.31 Å². The van der Waals surface area contributed by atoms with Gasteiger partial charge in [0.15, 0.2) is 6.61 Å². The zero-order valence-electron chi connectivity index (χ0n) is 18.0. The number of ether oxygens (including phenoxy) is 2. The maximum atomic E-state index is 13.2. The number of carbonyl (C=O) groups excluding carboxylic acids is 1. The molecular weight excluding hydrogens is 461 g/mol. The van der Waals surface area contributed by atoms with E-state index in [2.05, 4.69) is 5.32 Å². The highest BCUT2D eigenvalue weighted by molar-refractivity contribution is 7.89. The number of sulfonamides is 1. The highest BCUT2D eigenvalue weighted by Gasteiger charge is 2.31. The number of benzene rings is 2. The van der Waals surface area contributed by atoms with Crippen LogP contribution in [0.5, 0.6) is 11.5 Å². The predicted molar refractivity (Wildman–Crippen MR) is 116 cm³/mol. The number of nitrogens with zero attached hydrogens (tertiary/aromatic N) is 1. The number of hydrogen-bond acceptors (Lipinski definition) is 5. The molecule has 1 N–H and O–H groups in total. The summed E-state index contributed by atoms with van der Waals surface area (Å²) >= 11 is 0. The Labute approximate surface area is 190 Å². The molecule has 1 fully saturated rings. The molecule has 1 amide bonds. The zero-order valence-corrected chi connectivity index (χ0v) is 18.8. The van der Waals surface area contributed by atoms with Gasteiger partial charge in [-0.1, -0.05) is 12.5 Å². The SMILES string of the molecule is CCOc1ccc(NC(=O)COc2cccc(C(F)(F)F)c2)cc1S(=O)(=O)N1CCCCC1. The Kier molecular flexibility index (Phi) is 7.85. The third-order valence-electron chi connectivity index (χ3n) is 4.99. The van der Waals surface area contributed by atoms with E-state index in [0.717, 1.165) is 31.4 Å². The predicted octanol–water partition coefficient (Wildman–Crippen LogP) is 4.30. The van der Waals surface area contributed by atoms with Gasteiger partial charge in [0.2, 0.25) is 10.0 Å². The fourth-order valence-corrected chi connectivity index (χ4v) is 5.09. The lowest BCUT2D eigenvalue weighted by Gasteiger charge is -2.27. The molecule has 0 bridgehead atoms. The number of carbonyl (C=O) groups is 1. The standard InChI is InChI=1S/C22H25F3N2O5S/c1-2-31-19-10-9-17(14-20(19)33(29,30)27-11-4-3-5-12-27)26-21(28)15-32-18-8-6-7-16(13-18)22(23,24)25/h6-10,13-14H,2-5,11-12,15H2,1H3,(H,26,28). The van der Waals surface area contributed by atoms with E-state index < -0.39 is 34.3 Å². The van der Waals surface area contributed by atoms with Crippen molar-refractivity contribution in [2.24, 2.45) is 0 Å². The molecule has 180 valence electrons. The average Bonchev–Trinajstić information content (AvgIpc) is 2.79. The Balaban J connectivity index is 1.73. The second kappa shape index (κ2) is 10.4. The molecule has 1 aliphatic heterocycles. The van der Waals surface area contributed by atoms with Crippen molar-refractivity contribution in [2.45, 2.75) is 37.3 Å². The third kappa shape index (κ3) is 6.38. The Bertz CT molecular complexity index is 1080. The van der Waals surface area contributed by atoms with Crippen molar-refractivity contribution in [2.75, 3.05) is 31.6 Å². The van der Waals surface area contributed by atoms with E-state index in [1.165, 1.54) is 34.6 Å². The first kappa shape index (κ1) is 24.8. The number of piperidine rings is 1. The lowest BCUT2D eigenvalue weighted by molar-refractivity contribution is -0.137. The van der Waals surface area contributed by atoms with Gasteiger partial charge in [-0.15, -0.1) is 0 Å². The molecule has 1 saturated heterocycles. The smallest absolute Gasteiger partial charge is 0.416 e. The van der Waals surface area contributed by atoms with E-state index in [9.17, 15) is 26.4 Å². The maximum Gasteiger partial charge on any atom is 0.416 e. The normalized spacial score (nSPS) is 15.2. The van der Waals surface area contributed by atoms with E-state index in [-0.39, 0.29) is 28.7 Å². The Morgan fingerprint density at radius 1 is 1.06 bits per heavy atom. The van der Waals surface area contributed by atoms with Gasteiger partial charge in [0.05, 0.1) is 12.2 Å². The summed E-state index contributed by atoms with van der Waals surface area (Å²) in [5.74, 6) is -0.584. The fourth-order valence-electron chi connectivity index (χ4n) is 3.41. The summed E-state index contributed by atoms with van der Waals surface area (Å²) in [7, 11) is -3.83. The minimum Gasteiger partial charge on any atom is -0.492 e. The summed E-state index contributed by atoms with van der Waals surface area (Å²) < 4.78 is 76.8. The monoisotopic (exact) mass is 486 g/mol. The largest absolute Gasteiger partial charge is 0.492 e. The van der Waals surface area contributed by atoms with Crippen molar-refractivity contribution < 1.29 is 35.9 Å². The van der Waals surface area contributed by atoms with Gasteiger partial charge in [0.1, 0.15) is 16.4 Å². The molecule has 2 aromatic rings. The number of alkyl halides is 3. The molecule has 0 aromatic heterocycles. The molecule has 0 spiro atoms. The molecule has 0 atom stereocenters. The van der Waals surface area contributed by atoms with Crippen LogP contribution in [-0.2, 0) is 21.0 Å². The summed E-state index contributed by atoms with van der Waals surface area (Å²) in [6.45, 7) is 2.27. The summed E-state index contributed by atoms with van der Waals surface area (Å²) in [6.07, 6.45) is -2.02. The van der Waals surface area contributed by atoms with Crippen LogP contribution in [0.2, 0.25) is 0 Å². The number of halogens is 3. The summed E-state index contributed by atoms with van der Waals surface area (Å²) in [5.41, 5.74) is -0.689. The molecule has 3 rings (SSSR count). The van der Waals surface area contributed by atoms with Crippen LogP contribution in [0.25, 0.3) is 0 Å². The Morgan fingerprint density at radius 2 is 1.79 bits per heavy atom. The van der Waals surface area contributed by atoms with Crippen LogP contribution in [0.4, 0.5) is 18.9 Å². The van der Waals surface area contributed by atoms with Gasteiger partial charge in [-0.25, -0.2) is 8.42 Å². The van der Waals surface area contributed by atoms with Crippen LogP contribution in [0.3, 0.4) is 0 Å². The highest BCUT2D eigenvalue weighted by Crippen LogP contribution is 2.32. The number of nitrogens with one attached hydrogen (secondary N) is 1. The van der Waals surface area contributed by atoms with Crippen LogP contribution in [0, 0.1) is 0 Å². The van der Waals surface area contributed by atoms with Crippen molar-refractivity contribution >= 4 is 21.6 Å². The molecular formula is C22H25F3N2O5S. The van der Waals surface area contributed by atoms with E-state index in [1.54, 1.807) is 6.92 Å². The van der Waals surface area contributed by atoms with Gasteiger partial charge >= 0.3 is 6.18 Å². The molecule has 7 nitrogen and oxygen atoms in total. The van der Waals surface area contributed by atoms with Crippen LogP contribution in [0.1, 0.15) is 31.7 Å². The summed E-state index contributed by atoms with van der Waals surface area (Å²) in [6, 6.07) is 8.46. The summed E-state index contributed by atoms with van der Waals surface area (Å²) in [5, 5.41) is 2.52.